The van der Waals surface area contributed by atoms with Crippen LogP contribution in [-0.4, -0.2) is 32.4 Å². The molecule has 1 saturated heterocycles. The Labute approximate surface area is 99.9 Å². The van der Waals surface area contributed by atoms with Gasteiger partial charge in [-0.25, -0.2) is 0 Å². The summed E-state index contributed by atoms with van der Waals surface area (Å²) in [5.41, 5.74) is 8.09. The van der Waals surface area contributed by atoms with Crippen molar-refractivity contribution in [3.63, 3.8) is 0 Å². The van der Waals surface area contributed by atoms with E-state index in [1.165, 1.54) is 6.21 Å². The van der Waals surface area contributed by atoms with Crippen LogP contribution in [0.2, 0.25) is 5.02 Å². The summed E-state index contributed by atoms with van der Waals surface area (Å²) in [6.45, 7) is 3.79. The van der Waals surface area contributed by atoms with Crippen molar-refractivity contribution in [2.24, 2.45) is 0 Å². The molecule has 1 aromatic rings. The monoisotopic (exact) mass is 238 g/mol. The van der Waals surface area contributed by atoms with Gasteiger partial charge in [-0.1, -0.05) is 11.6 Å². The zero-order valence-electron chi connectivity index (χ0n) is 8.96. The van der Waals surface area contributed by atoms with Gasteiger partial charge in [0.05, 0.1) is 10.7 Å². The second kappa shape index (κ2) is 4.72. The molecule has 16 heavy (non-hydrogen) atoms. The number of rotatable bonds is 2. The first kappa shape index (κ1) is 11.2. The number of hydrogen-bond donors (Lipinski definition) is 3. The lowest BCUT2D eigenvalue weighted by Gasteiger charge is -2.30. The molecule has 4 nitrogen and oxygen atoms in total. The van der Waals surface area contributed by atoms with Gasteiger partial charge in [0.2, 0.25) is 0 Å². The van der Waals surface area contributed by atoms with Crippen LogP contribution in [0.1, 0.15) is 5.56 Å². The van der Waals surface area contributed by atoms with Gasteiger partial charge in [0.15, 0.2) is 0 Å². The summed E-state index contributed by atoms with van der Waals surface area (Å²) >= 11 is 6.19. The maximum absolute atomic E-state index is 7.21. The Morgan fingerprint density at radius 3 is 2.69 bits per heavy atom. The molecule has 1 heterocycles. The fourth-order valence-corrected chi connectivity index (χ4v) is 2.16. The number of nitrogens with one attached hydrogen (secondary N) is 2. The number of halogens is 1. The topological polar surface area (TPSA) is 65.1 Å². The number of hydrogen-bond acceptors (Lipinski definition) is 4. The van der Waals surface area contributed by atoms with Crippen LogP contribution in [0, 0.1) is 5.41 Å². The Morgan fingerprint density at radius 1 is 1.38 bits per heavy atom. The van der Waals surface area contributed by atoms with Gasteiger partial charge in [-0.05, 0) is 12.1 Å². The number of nitrogen functional groups attached to an aromatic ring is 1. The third-order valence-electron chi connectivity index (χ3n) is 2.77. The van der Waals surface area contributed by atoms with Gasteiger partial charge in [0.25, 0.3) is 0 Å². The minimum Gasteiger partial charge on any atom is -0.398 e. The number of piperazine rings is 1. The summed E-state index contributed by atoms with van der Waals surface area (Å²) in [5, 5.41) is 11.2. The SMILES string of the molecule is N=Cc1cc(Cl)c(N2CCNCC2)cc1N. The van der Waals surface area contributed by atoms with Crippen molar-refractivity contribution in [2.45, 2.75) is 0 Å². The molecule has 1 aromatic carbocycles. The van der Waals surface area contributed by atoms with E-state index in [1.54, 1.807) is 6.07 Å². The molecule has 86 valence electrons. The second-order valence-electron chi connectivity index (χ2n) is 3.81. The Morgan fingerprint density at radius 2 is 2.06 bits per heavy atom. The standard InChI is InChI=1S/C11H15ClN4/c12-9-5-8(7-13)10(14)6-11(9)16-3-1-15-2-4-16/h5-7,13,15H,1-4,14H2. The molecule has 0 atom stereocenters. The number of anilines is 2. The summed E-state index contributed by atoms with van der Waals surface area (Å²) in [6, 6.07) is 3.61. The zero-order chi connectivity index (χ0) is 11.5. The predicted octanol–water partition coefficient (Wildman–Crippen LogP) is 1.33. The highest BCUT2D eigenvalue weighted by Gasteiger charge is 2.14. The van der Waals surface area contributed by atoms with Crippen molar-refractivity contribution in [1.82, 2.24) is 5.32 Å². The van der Waals surface area contributed by atoms with Gasteiger partial charge >= 0.3 is 0 Å². The molecule has 0 unspecified atom stereocenters. The van der Waals surface area contributed by atoms with Crippen molar-refractivity contribution >= 4 is 29.2 Å². The van der Waals surface area contributed by atoms with Gasteiger partial charge in [-0.2, -0.15) is 0 Å². The van der Waals surface area contributed by atoms with Crippen molar-refractivity contribution in [2.75, 3.05) is 36.8 Å². The molecule has 5 heteroatoms. The molecule has 1 fully saturated rings. The van der Waals surface area contributed by atoms with Gasteiger partial charge in [-0.3, -0.25) is 0 Å². The van der Waals surface area contributed by atoms with E-state index in [9.17, 15) is 0 Å². The lowest BCUT2D eigenvalue weighted by molar-refractivity contribution is 0.589. The van der Waals surface area contributed by atoms with Crippen molar-refractivity contribution in [3.8, 4) is 0 Å². The summed E-state index contributed by atoms with van der Waals surface area (Å²) in [7, 11) is 0. The second-order valence-corrected chi connectivity index (χ2v) is 4.22. The molecule has 4 N–H and O–H groups in total. The average Bonchev–Trinajstić information content (AvgIpc) is 2.32. The largest absolute Gasteiger partial charge is 0.398 e. The fraction of sp³-hybridized carbons (Fsp3) is 0.364. The highest BCUT2D eigenvalue weighted by Crippen LogP contribution is 2.30. The zero-order valence-corrected chi connectivity index (χ0v) is 9.72. The van der Waals surface area contributed by atoms with Crippen LogP contribution in [0.5, 0.6) is 0 Å². The van der Waals surface area contributed by atoms with Crippen molar-refractivity contribution in [1.29, 1.82) is 5.41 Å². The molecule has 0 aromatic heterocycles. The molecular weight excluding hydrogens is 224 g/mol. The van der Waals surface area contributed by atoms with Gasteiger partial charge < -0.3 is 21.4 Å². The average molecular weight is 239 g/mol. The Hall–Kier alpha value is -1.26. The first-order valence-electron chi connectivity index (χ1n) is 5.27. The summed E-state index contributed by atoms with van der Waals surface area (Å²) in [6.07, 6.45) is 1.22. The Kier molecular flexibility index (Phi) is 3.31. The molecule has 0 radical (unpaired) electrons. The van der Waals surface area contributed by atoms with Crippen LogP contribution in [0.25, 0.3) is 0 Å². The molecule has 2 rings (SSSR count). The van der Waals surface area contributed by atoms with E-state index in [4.69, 9.17) is 22.7 Å². The number of nitrogens with two attached hydrogens (primary N) is 1. The highest BCUT2D eigenvalue weighted by atomic mass is 35.5. The van der Waals surface area contributed by atoms with Gasteiger partial charge in [0, 0.05) is 43.6 Å². The normalized spacial score (nSPS) is 16.2. The van der Waals surface area contributed by atoms with E-state index in [1.807, 2.05) is 6.07 Å². The van der Waals surface area contributed by atoms with Crippen molar-refractivity contribution < 1.29 is 0 Å². The number of benzene rings is 1. The van der Waals surface area contributed by atoms with Gasteiger partial charge in [0.1, 0.15) is 0 Å². The third-order valence-corrected chi connectivity index (χ3v) is 3.07. The third kappa shape index (κ3) is 2.13. The molecule has 0 spiro atoms. The van der Waals surface area contributed by atoms with E-state index in [-0.39, 0.29) is 0 Å². The molecule has 1 aliphatic rings. The highest BCUT2D eigenvalue weighted by molar-refractivity contribution is 6.33. The maximum Gasteiger partial charge on any atom is 0.0647 e. The molecule has 0 amide bonds. The van der Waals surface area contributed by atoms with Crippen LogP contribution in [0.15, 0.2) is 12.1 Å². The number of nitrogens with zero attached hydrogens (tertiary/aromatic N) is 1. The van der Waals surface area contributed by atoms with E-state index >= 15 is 0 Å². The first-order valence-corrected chi connectivity index (χ1v) is 5.65. The van der Waals surface area contributed by atoms with Crippen LogP contribution in [-0.2, 0) is 0 Å². The van der Waals surface area contributed by atoms with E-state index in [0.29, 0.717) is 16.3 Å². The van der Waals surface area contributed by atoms with E-state index in [2.05, 4.69) is 10.2 Å². The van der Waals surface area contributed by atoms with Gasteiger partial charge in [-0.15, -0.1) is 0 Å². The lowest BCUT2D eigenvalue weighted by atomic mass is 10.1. The minimum absolute atomic E-state index is 0.605. The molecule has 0 bridgehead atoms. The van der Waals surface area contributed by atoms with Crippen LogP contribution in [0.3, 0.4) is 0 Å². The Balaban J connectivity index is 2.33. The van der Waals surface area contributed by atoms with Crippen LogP contribution < -0.4 is 16.0 Å². The van der Waals surface area contributed by atoms with Crippen LogP contribution >= 0.6 is 11.6 Å². The lowest BCUT2D eigenvalue weighted by Crippen LogP contribution is -2.43. The fourth-order valence-electron chi connectivity index (χ4n) is 1.87. The quantitative estimate of drug-likeness (QED) is 0.538. The molecule has 0 aliphatic carbocycles. The maximum atomic E-state index is 7.21. The minimum atomic E-state index is 0.605. The Bertz CT molecular complexity index is 399. The van der Waals surface area contributed by atoms with E-state index in [0.717, 1.165) is 31.9 Å². The smallest absolute Gasteiger partial charge is 0.0647 e. The predicted molar refractivity (Wildman–Crippen MR) is 68.8 cm³/mol. The van der Waals surface area contributed by atoms with Crippen LogP contribution in [0.4, 0.5) is 11.4 Å². The van der Waals surface area contributed by atoms with E-state index < -0.39 is 0 Å². The van der Waals surface area contributed by atoms with Crippen molar-refractivity contribution in [3.05, 3.63) is 22.7 Å². The molecular formula is C11H15ClN4. The summed E-state index contributed by atoms with van der Waals surface area (Å²) in [5.74, 6) is 0. The molecule has 0 saturated carbocycles. The first-order chi connectivity index (χ1) is 7.72. The summed E-state index contributed by atoms with van der Waals surface area (Å²) in [4.78, 5) is 2.21. The summed E-state index contributed by atoms with van der Waals surface area (Å²) < 4.78 is 0. The molecule has 1 aliphatic heterocycles.